The van der Waals surface area contributed by atoms with Crippen molar-refractivity contribution in [2.45, 2.75) is 26.0 Å². The number of ether oxygens (including phenoxy) is 2. The smallest absolute Gasteiger partial charge is 0.329 e. The van der Waals surface area contributed by atoms with Crippen LogP contribution in [0.15, 0.2) is 78.9 Å². The fourth-order valence-corrected chi connectivity index (χ4v) is 4.41. The molecule has 8 nitrogen and oxygen atoms in total. The minimum Gasteiger partial charge on any atom is -0.459 e. The van der Waals surface area contributed by atoms with Gasteiger partial charge >= 0.3 is 5.97 Å². The van der Waals surface area contributed by atoms with Crippen molar-refractivity contribution < 1.29 is 23.9 Å². The van der Waals surface area contributed by atoms with Crippen molar-refractivity contribution in [3.8, 4) is 0 Å². The molecule has 1 aliphatic rings. The molecule has 2 N–H and O–H groups in total. The number of para-hydroxylation sites is 1. The van der Waals surface area contributed by atoms with Crippen molar-refractivity contribution in [1.82, 2.24) is 15.2 Å². The summed E-state index contributed by atoms with van der Waals surface area (Å²) in [7, 11) is 3.34. The van der Waals surface area contributed by atoms with Crippen LogP contribution in [0.5, 0.6) is 0 Å². The molecule has 2 heterocycles. The molecular formula is C31H37N3O5. The van der Waals surface area contributed by atoms with Crippen LogP contribution in [0.25, 0.3) is 10.9 Å². The molecular weight excluding hydrogens is 494 g/mol. The van der Waals surface area contributed by atoms with E-state index in [1.165, 1.54) is 0 Å². The van der Waals surface area contributed by atoms with Crippen LogP contribution >= 0.6 is 0 Å². The number of nitrogens with one attached hydrogen (secondary N) is 2. The standard InChI is InChI=1S/C17H24N2O4.C14H13NO/c1-18-9-16(20)19-10-14(11-22-2)8-15(19)17(21)23-12-13-6-4-3-5-7-13;1-11-6-7-12(10-16)8-9-13-4-2-3-5-14(13)15-11/h3-7,14-15,18H,8-12H2,1-2H3;2-10,15H,1H3. The lowest BCUT2D eigenvalue weighted by atomic mass is 10.1. The molecule has 0 spiro atoms. The molecule has 0 saturated carbocycles. The quantitative estimate of drug-likeness (QED) is 0.333. The minimum atomic E-state index is -0.528. The van der Waals surface area contributed by atoms with Gasteiger partial charge in [-0.2, -0.15) is 0 Å². The average molecular weight is 532 g/mol. The summed E-state index contributed by atoms with van der Waals surface area (Å²) in [4.78, 5) is 40.3. The van der Waals surface area contributed by atoms with Gasteiger partial charge in [-0.3, -0.25) is 9.59 Å². The molecule has 0 bridgehead atoms. The molecule has 1 amide bonds. The summed E-state index contributed by atoms with van der Waals surface area (Å²) >= 11 is 0. The van der Waals surface area contributed by atoms with Crippen molar-refractivity contribution in [3.05, 3.63) is 95.7 Å². The summed E-state index contributed by atoms with van der Waals surface area (Å²) in [5.41, 5.74) is 3.65. The SMILES string of the molecule is CNCC(=O)N1CC(COC)CC1C(=O)OCc1ccccc1.Cc1ccc(C=O)ccc2ccccc2[nH]1. The summed E-state index contributed by atoms with van der Waals surface area (Å²) in [5.74, 6) is -0.278. The maximum Gasteiger partial charge on any atom is 0.329 e. The molecule has 0 aliphatic carbocycles. The van der Waals surface area contributed by atoms with Crippen LogP contribution in [0.1, 0.15) is 28.0 Å². The Morgan fingerprint density at radius 1 is 1.03 bits per heavy atom. The molecule has 1 aromatic heterocycles. The number of aromatic amines is 1. The average Bonchev–Trinajstić information content (AvgIpc) is 3.40. The number of carbonyl (C=O) groups excluding carboxylic acids is 3. The first kappa shape index (κ1) is 29.5. The molecule has 1 aliphatic heterocycles. The lowest BCUT2D eigenvalue weighted by molar-refractivity contribution is -0.154. The fraction of sp³-hybridized carbons (Fsp3) is 0.323. The van der Waals surface area contributed by atoms with E-state index in [4.69, 9.17) is 9.47 Å². The Morgan fingerprint density at radius 2 is 1.74 bits per heavy atom. The van der Waals surface area contributed by atoms with Crippen molar-refractivity contribution in [2.24, 2.45) is 5.92 Å². The number of methoxy groups -OCH3 is 1. The molecule has 0 radical (unpaired) electrons. The van der Waals surface area contributed by atoms with E-state index >= 15 is 0 Å². The monoisotopic (exact) mass is 531 g/mol. The highest BCUT2D eigenvalue weighted by Gasteiger charge is 2.40. The number of fused-ring (bicyclic) bond motifs is 1. The Labute approximate surface area is 229 Å². The second-order valence-corrected chi connectivity index (χ2v) is 9.42. The van der Waals surface area contributed by atoms with Gasteiger partial charge in [0, 0.05) is 36.3 Å². The van der Waals surface area contributed by atoms with E-state index in [0.717, 1.165) is 28.4 Å². The van der Waals surface area contributed by atoms with E-state index < -0.39 is 6.04 Å². The molecule has 39 heavy (non-hydrogen) atoms. The topological polar surface area (TPSA) is 101 Å². The van der Waals surface area contributed by atoms with Crippen LogP contribution in [0.2, 0.25) is 0 Å². The number of likely N-dealkylation sites (N-methyl/N-ethyl adjacent to an activating group) is 1. The summed E-state index contributed by atoms with van der Waals surface area (Å²) in [6, 6.07) is 24.4. The second kappa shape index (κ2) is 15.4. The zero-order valence-corrected chi connectivity index (χ0v) is 22.8. The summed E-state index contributed by atoms with van der Waals surface area (Å²) < 4.78 is 10.6. The number of aldehydes is 1. The Kier molecular flexibility index (Phi) is 11.7. The third kappa shape index (κ3) is 9.05. The van der Waals surface area contributed by atoms with Gasteiger partial charge in [0.1, 0.15) is 18.9 Å². The van der Waals surface area contributed by atoms with E-state index in [0.29, 0.717) is 25.1 Å². The molecule has 8 heteroatoms. The molecule has 206 valence electrons. The van der Waals surface area contributed by atoms with Gasteiger partial charge in [-0.05, 0) is 49.5 Å². The van der Waals surface area contributed by atoms with Gasteiger partial charge < -0.3 is 24.7 Å². The predicted molar refractivity (Wildman–Crippen MR) is 152 cm³/mol. The number of benzene rings is 2. The number of likely N-dealkylation sites (tertiary alicyclic amines) is 1. The second-order valence-electron chi connectivity index (χ2n) is 9.42. The van der Waals surface area contributed by atoms with E-state index in [1.54, 1.807) is 25.1 Å². The zero-order valence-electron chi connectivity index (χ0n) is 22.8. The number of H-pyrrole nitrogens is 1. The number of hydrogen-bond donors (Lipinski definition) is 2. The Hall–Kier alpha value is -4.01. The highest BCUT2D eigenvalue weighted by molar-refractivity contribution is 5.86. The van der Waals surface area contributed by atoms with Crippen LogP contribution < -0.4 is 5.32 Å². The first-order valence-corrected chi connectivity index (χ1v) is 13.0. The maximum absolute atomic E-state index is 12.4. The van der Waals surface area contributed by atoms with Gasteiger partial charge in [-0.15, -0.1) is 0 Å². The van der Waals surface area contributed by atoms with E-state index in [2.05, 4.69) is 10.3 Å². The van der Waals surface area contributed by atoms with Gasteiger partial charge in [0.25, 0.3) is 0 Å². The number of carbonyl (C=O) groups is 3. The number of esters is 1. The van der Waals surface area contributed by atoms with Crippen molar-refractivity contribution in [1.29, 1.82) is 0 Å². The minimum absolute atomic E-state index is 0.0900. The van der Waals surface area contributed by atoms with Crippen LogP contribution in [-0.2, 0) is 25.7 Å². The summed E-state index contributed by atoms with van der Waals surface area (Å²) in [6.45, 7) is 3.47. The number of hydrogen-bond acceptors (Lipinski definition) is 6. The van der Waals surface area contributed by atoms with Crippen molar-refractivity contribution >= 4 is 29.1 Å². The van der Waals surface area contributed by atoms with Crippen molar-refractivity contribution in [2.75, 3.05) is 33.9 Å². The van der Waals surface area contributed by atoms with Gasteiger partial charge in [-0.1, -0.05) is 60.7 Å². The Morgan fingerprint density at radius 3 is 2.46 bits per heavy atom. The number of aromatic nitrogens is 1. The highest BCUT2D eigenvalue weighted by atomic mass is 16.5. The molecule has 3 aromatic rings. The van der Waals surface area contributed by atoms with Gasteiger partial charge in [0.05, 0.1) is 13.2 Å². The summed E-state index contributed by atoms with van der Waals surface area (Å²) in [5, 5.41) is 3.91. The van der Waals surface area contributed by atoms with Crippen LogP contribution in [-0.4, -0.2) is 67.9 Å². The van der Waals surface area contributed by atoms with E-state index in [9.17, 15) is 14.4 Å². The lowest BCUT2D eigenvalue weighted by Gasteiger charge is -2.23. The number of nitrogens with zero attached hydrogens (tertiary/aromatic N) is 1. The normalized spacial score (nSPS) is 16.1. The molecule has 2 unspecified atom stereocenters. The Balaban J connectivity index is 0.000000230. The zero-order chi connectivity index (χ0) is 28.0. The molecule has 2 aromatic carbocycles. The van der Waals surface area contributed by atoms with Crippen molar-refractivity contribution in [3.63, 3.8) is 0 Å². The predicted octanol–water partition coefficient (Wildman–Crippen LogP) is 4.23. The third-order valence-corrected chi connectivity index (χ3v) is 6.34. The number of aryl methyl sites for hydroxylation is 1. The van der Waals surface area contributed by atoms with E-state index in [-0.39, 0.29) is 30.9 Å². The first-order chi connectivity index (χ1) is 18.9. The van der Waals surface area contributed by atoms with Gasteiger partial charge in [0.15, 0.2) is 0 Å². The summed E-state index contributed by atoms with van der Waals surface area (Å²) in [6.07, 6.45) is 1.44. The number of amides is 1. The fourth-order valence-electron chi connectivity index (χ4n) is 4.41. The largest absolute Gasteiger partial charge is 0.459 e. The van der Waals surface area contributed by atoms with Crippen LogP contribution in [0.4, 0.5) is 0 Å². The molecule has 1 fully saturated rings. The van der Waals surface area contributed by atoms with Gasteiger partial charge in [0.2, 0.25) is 5.91 Å². The van der Waals surface area contributed by atoms with Gasteiger partial charge in [-0.25, -0.2) is 4.79 Å². The maximum atomic E-state index is 12.4. The third-order valence-electron chi connectivity index (χ3n) is 6.34. The van der Waals surface area contributed by atoms with E-state index in [1.807, 2.05) is 79.7 Å². The number of rotatable bonds is 8. The highest BCUT2D eigenvalue weighted by Crippen LogP contribution is 2.25. The Bertz CT molecular complexity index is 1290. The first-order valence-electron chi connectivity index (χ1n) is 13.0. The van der Waals surface area contributed by atoms with Crippen LogP contribution in [0.3, 0.4) is 0 Å². The molecule has 2 atom stereocenters. The molecule has 4 rings (SSSR count). The van der Waals surface area contributed by atoms with Crippen LogP contribution in [0, 0.1) is 12.8 Å². The lowest BCUT2D eigenvalue weighted by Crippen LogP contribution is -2.44. The molecule has 1 saturated heterocycles.